The number of hydrogen-bond donors (Lipinski definition) is 1. The van der Waals surface area contributed by atoms with Crippen molar-refractivity contribution in [2.24, 2.45) is 16.7 Å². The van der Waals surface area contributed by atoms with Crippen LogP contribution in [0.1, 0.15) is 25.8 Å². The van der Waals surface area contributed by atoms with Crippen molar-refractivity contribution < 1.29 is 14.6 Å². The second kappa shape index (κ2) is 5.27. The van der Waals surface area contributed by atoms with Crippen molar-refractivity contribution in [2.75, 3.05) is 26.3 Å². The Bertz CT molecular complexity index is 566. The van der Waals surface area contributed by atoms with E-state index in [2.05, 4.69) is 13.8 Å². The van der Waals surface area contributed by atoms with Crippen LogP contribution >= 0.6 is 0 Å². The molecule has 1 saturated heterocycles. The topological polar surface area (TPSA) is 49.8 Å². The number of aliphatic hydroxyl groups is 1. The average molecular weight is 303 g/mol. The average Bonchev–Trinajstić information content (AvgIpc) is 2.82. The van der Waals surface area contributed by atoms with Gasteiger partial charge in [-0.05, 0) is 36.8 Å². The summed E-state index contributed by atoms with van der Waals surface area (Å²) in [5, 5.41) is 9.74. The van der Waals surface area contributed by atoms with Gasteiger partial charge in [-0.2, -0.15) is 0 Å². The van der Waals surface area contributed by atoms with Gasteiger partial charge in [-0.15, -0.1) is 0 Å². The third-order valence-corrected chi connectivity index (χ3v) is 5.45. The zero-order valence-corrected chi connectivity index (χ0v) is 13.6. The molecule has 0 radical (unpaired) electrons. The SMILES string of the molecule is Cc1ccc(OCC(=O)N2C[C@@H]3C(C)(C)C[C@]3(CO)C2)cc1. The summed E-state index contributed by atoms with van der Waals surface area (Å²) in [5.41, 5.74) is 1.31. The summed E-state index contributed by atoms with van der Waals surface area (Å²) in [6.07, 6.45) is 0.990. The van der Waals surface area contributed by atoms with E-state index < -0.39 is 0 Å². The molecule has 2 fully saturated rings. The minimum absolute atomic E-state index is 0.0126. The molecule has 1 aromatic rings. The van der Waals surface area contributed by atoms with Gasteiger partial charge in [0.2, 0.25) is 0 Å². The predicted molar refractivity (Wildman–Crippen MR) is 84.7 cm³/mol. The number of carbonyl (C=O) groups excluding carboxylic acids is 1. The van der Waals surface area contributed by atoms with E-state index in [9.17, 15) is 9.90 Å². The van der Waals surface area contributed by atoms with E-state index in [1.165, 1.54) is 5.56 Å². The highest BCUT2D eigenvalue weighted by molar-refractivity contribution is 5.78. The van der Waals surface area contributed by atoms with Crippen LogP contribution in [0.5, 0.6) is 5.75 Å². The van der Waals surface area contributed by atoms with Crippen molar-refractivity contribution in [3.8, 4) is 5.75 Å². The first-order valence-electron chi connectivity index (χ1n) is 7.94. The third kappa shape index (κ3) is 2.50. The van der Waals surface area contributed by atoms with Crippen LogP contribution in [0.3, 0.4) is 0 Å². The van der Waals surface area contributed by atoms with Crippen LogP contribution in [0, 0.1) is 23.7 Å². The number of nitrogens with zero attached hydrogens (tertiary/aromatic N) is 1. The number of aliphatic hydroxyl groups excluding tert-OH is 1. The first-order valence-corrected chi connectivity index (χ1v) is 7.94. The monoisotopic (exact) mass is 303 g/mol. The molecule has 1 amide bonds. The minimum Gasteiger partial charge on any atom is -0.484 e. The Labute approximate surface area is 132 Å². The molecule has 1 aliphatic carbocycles. The molecule has 22 heavy (non-hydrogen) atoms. The Balaban J connectivity index is 1.59. The summed E-state index contributed by atoms with van der Waals surface area (Å²) in [6.45, 7) is 8.11. The highest BCUT2D eigenvalue weighted by Gasteiger charge is 2.62. The molecule has 0 unspecified atom stereocenters. The van der Waals surface area contributed by atoms with Gasteiger partial charge in [0.15, 0.2) is 6.61 Å². The molecule has 120 valence electrons. The molecule has 2 aliphatic rings. The molecule has 1 aromatic carbocycles. The Morgan fingerprint density at radius 3 is 2.59 bits per heavy atom. The van der Waals surface area contributed by atoms with E-state index in [4.69, 9.17) is 4.74 Å². The second-order valence-electron chi connectivity index (χ2n) is 7.61. The quantitative estimate of drug-likeness (QED) is 0.928. The lowest BCUT2D eigenvalue weighted by atomic mass is 9.48. The van der Waals surface area contributed by atoms with Gasteiger partial charge in [0, 0.05) is 18.5 Å². The minimum atomic E-state index is -0.0803. The molecule has 4 heteroatoms. The first-order chi connectivity index (χ1) is 10.4. The van der Waals surface area contributed by atoms with Crippen LogP contribution in [-0.2, 0) is 4.79 Å². The number of likely N-dealkylation sites (tertiary alicyclic amines) is 1. The van der Waals surface area contributed by atoms with Gasteiger partial charge in [0.05, 0.1) is 6.61 Å². The lowest BCUT2D eigenvalue weighted by Crippen LogP contribution is -2.54. The highest BCUT2D eigenvalue weighted by atomic mass is 16.5. The number of rotatable bonds is 4. The smallest absolute Gasteiger partial charge is 0.260 e. The van der Waals surface area contributed by atoms with Crippen LogP contribution in [0.4, 0.5) is 0 Å². The zero-order chi connectivity index (χ0) is 16.0. The number of benzene rings is 1. The van der Waals surface area contributed by atoms with Crippen LogP contribution in [-0.4, -0.2) is 42.2 Å². The predicted octanol–water partition coefficient (Wildman–Crippen LogP) is 2.24. The molecule has 1 aliphatic heterocycles. The zero-order valence-electron chi connectivity index (χ0n) is 13.6. The van der Waals surface area contributed by atoms with Crippen LogP contribution in [0.15, 0.2) is 24.3 Å². The van der Waals surface area contributed by atoms with Gasteiger partial charge in [-0.1, -0.05) is 31.5 Å². The summed E-state index contributed by atoms with van der Waals surface area (Å²) in [7, 11) is 0. The molecule has 0 aromatic heterocycles. The number of aryl methyl sites for hydroxylation is 1. The van der Waals surface area contributed by atoms with E-state index >= 15 is 0 Å². The standard InChI is InChI=1S/C18H25NO3/c1-13-4-6-14(7-5-13)22-9-16(21)19-8-15-17(2,3)10-18(15,11-19)12-20/h4-7,15,20H,8-12H2,1-3H3/t15-,18-/m1/s1. The fourth-order valence-electron chi connectivity index (χ4n) is 4.40. The van der Waals surface area contributed by atoms with Gasteiger partial charge < -0.3 is 14.7 Å². The molecule has 1 heterocycles. The molecule has 1 N–H and O–H groups in total. The Morgan fingerprint density at radius 2 is 2.05 bits per heavy atom. The summed E-state index contributed by atoms with van der Waals surface area (Å²) < 4.78 is 5.59. The van der Waals surface area contributed by atoms with E-state index in [-0.39, 0.29) is 30.0 Å². The maximum absolute atomic E-state index is 12.4. The van der Waals surface area contributed by atoms with Crippen molar-refractivity contribution in [3.63, 3.8) is 0 Å². The normalized spacial score (nSPS) is 28.9. The molecule has 0 spiro atoms. The Hall–Kier alpha value is -1.55. The number of carbonyl (C=O) groups is 1. The molecule has 1 saturated carbocycles. The van der Waals surface area contributed by atoms with Crippen LogP contribution < -0.4 is 4.74 Å². The Morgan fingerprint density at radius 1 is 1.36 bits per heavy atom. The number of fused-ring (bicyclic) bond motifs is 1. The summed E-state index contributed by atoms with van der Waals surface area (Å²) in [5.74, 6) is 1.13. The van der Waals surface area contributed by atoms with Crippen LogP contribution in [0.2, 0.25) is 0 Å². The largest absolute Gasteiger partial charge is 0.484 e. The van der Waals surface area contributed by atoms with Crippen molar-refractivity contribution in [1.29, 1.82) is 0 Å². The molecule has 3 rings (SSSR count). The van der Waals surface area contributed by atoms with Gasteiger partial charge in [0.25, 0.3) is 5.91 Å². The number of ether oxygens (including phenoxy) is 1. The van der Waals surface area contributed by atoms with E-state index in [1.807, 2.05) is 36.1 Å². The second-order valence-corrected chi connectivity index (χ2v) is 7.61. The molecule has 0 bridgehead atoms. The highest BCUT2D eigenvalue weighted by Crippen LogP contribution is 2.62. The van der Waals surface area contributed by atoms with Crippen molar-refractivity contribution in [2.45, 2.75) is 27.2 Å². The maximum Gasteiger partial charge on any atom is 0.260 e. The fraction of sp³-hybridized carbons (Fsp3) is 0.611. The van der Waals surface area contributed by atoms with E-state index in [1.54, 1.807) is 0 Å². The van der Waals surface area contributed by atoms with Gasteiger partial charge in [-0.3, -0.25) is 4.79 Å². The third-order valence-electron chi connectivity index (χ3n) is 5.45. The summed E-state index contributed by atoms with van der Waals surface area (Å²) in [4.78, 5) is 14.3. The van der Waals surface area contributed by atoms with E-state index in [0.29, 0.717) is 12.5 Å². The van der Waals surface area contributed by atoms with Gasteiger partial charge in [-0.25, -0.2) is 0 Å². The first kappa shape index (κ1) is 15.3. The number of hydrogen-bond acceptors (Lipinski definition) is 3. The lowest BCUT2D eigenvalue weighted by molar-refractivity contribution is -0.132. The van der Waals surface area contributed by atoms with Crippen LogP contribution in [0.25, 0.3) is 0 Å². The fourth-order valence-corrected chi connectivity index (χ4v) is 4.40. The van der Waals surface area contributed by atoms with Gasteiger partial charge in [0.1, 0.15) is 5.75 Å². The molecular weight excluding hydrogens is 278 g/mol. The van der Waals surface area contributed by atoms with Crippen molar-refractivity contribution in [1.82, 2.24) is 4.90 Å². The molecule has 2 atom stereocenters. The van der Waals surface area contributed by atoms with E-state index in [0.717, 1.165) is 18.7 Å². The summed E-state index contributed by atoms with van der Waals surface area (Å²) >= 11 is 0. The summed E-state index contributed by atoms with van der Waals surface area (Å²) in [6, 6.07) is 7.71. The van der Waals surface area contributed by atoms with Gasteiger partial charge >= 0.3 is 0 Å². The van der Waals surface area contributed by atoms with Crippen molar-refractivity contribution >= 4 is 5.91 Å². The molecule has 4 nitrogen and oxygen atoms in total. The Kier molecular flexibility index (Phi) is 3.68. The molecular formula is C18H25NO3. The lowest BCUT2D eigenvalue weighted by Gasteiger charge is -2.55. The number of amides is 1. The van der Waals surface area contributed by atoms with Crippen molar-refractivity contribution in [3.05, 3.63) is 29.8 Å². The maximum atomic E-state index is 12.4.